The molecule has 9 nitrogen and oxygen atoms in total. The van der Waals surface area contributed by atoms with Crippen LogP contribution in [0.2, 0.25) is 0 Å². The first-order valence-electron chi connectivity index (χ1n) is 15.6. The topological polar surface area (TPSA) is 105 Å². The molecule has 0 heterocycles. The lowest BCUT2D eigenvalue weighted by Crippen LogP contribution is -2.54. The third-order valence-electron chi connectivity index (χ3n) is 8.01. The number of rotatable bonds is 15. The first-order chi connectivity index (χ1) is 22.6. The smallest absolute Gasteiger partial charge is 0.264 e. The Morgan fingerprint density at radius 1 is 0.830 bits per heavy atom. The number of ether oxygens (including phenoxy) is 2. The van der Waals surface area contributed by atoms with Crippen LogP contribution in [0.1, 0.15) is 37.0 Å². The molecule has 1 N–H and O–H groups in total. The highest BCUT2D eigenvalue weighted by atomic mass is 32.2. The summed E-state index contributed by atoms with van der Waals surface area (Å²) in [5.74, 6) is -0.262. The Labute approximate surface area is 278 Å². The number of anilines is 1. The lowest BCUT2D eigenvalue weighted by atomic mass is 10.0. The molecule has 2 amide bonds. The second-order valence-electron chi connectivity index (χ2n) is 11.4. The Morgan fingerprint density at radius 2 is 1.47 bits per heavy atom. The van der Waals surface area contributed by atoms with Gasteiger partial charge in [-0.2, -0.15) is 0 Å². The van der Waals surface area contributed by atoms with Crippen molar-refractivity contribution in [2.45, 2.75) is 57.1 Å². The second kappa shape index (κ2) is 16.1. The lowest BCUT2D eigenvalue weighted by molar-refractivity contribution is -0.140. The van der Waals surface area contributed by atoms with Crippen molar-refractivity contribution in [3.8, 4) is 11.5 Å². The standard InChI is InChI=1S/C37H43N3O6S/c1-6-28(3)38-37(42)34(23-29-13-9-7-10-14-29)39(25-30-19-17-27(2)18-20-30)36(41)26-40(47(43,44)32-15-11-8-12-16-32)33-24-31(45-4)21-22-35(33)46-5/h7-22,24,28,34H,6,23,25-26H2,1-5H3,(H,38,42)/t28-,34-/m0/s1. The third kappa shape index (κ3) is 8.92. The van der Waals surface area contributed by atoms with Crippen molar-refractivity contribution in [3.05, 3.63) is 120 Å². The zero-order valence-corrected chi connectivity index (χ0v) is 28.4. The number of benzene rings is 4. The van der Waals surface area contributed by atoms with Crippen molar-refractivity contribution in [2.75, 3.05) is 25.1 Å². The zero-order valence-electron chi connectivity index (χ0n) is 27.6. The van der Waals surface area contributed by atoms with E-state index in [1.807, 2.05) is 75.4 Å². The molecule has 0 unspecified atom stereocenters. The van der Waals surface area contributed by atoms with E-state index in [0.29, 0.717) is 12.2 Å². The highest BCUT2D eigenvalue weighted by Crippen LogP contribution is 2.36. The van der Waals surface area contributed by atoms with Crippen LogP contribution in [0.5, 0.6) is 11.5 Å². The molecule has 0 aliphatic carbocycles. The molecule has 4 aromatic carbocycles. The molecule has 0 aliphatic rings. The van der Waals surface area contributed by atoms with Gasteiger partial charge in [0.15, 0.2) is 0 Å². The van der Waals surface area contributed by atoms with Crippen molar-refractivity contribution in [1.29, 1.82) is 0 Å². The molecule has 0 fully saturated rings. The first kappa shape index (κ1) is 35.0. The molecule has 0 spiro atoms. The summed E-state index contributed by atoms with van der Waals surface area (Å²) in [6.45, 7) is 5.33. The molecule has 2 atom stereocenters. The molecular formula is C37H43N3O6S. The second-order valence-corrected chi connectivity index (χ2v) is 13.3. The van der Waals surface area contributed by atoms with Crippen molar-refractivity contribution < 1.29 is 27.5 Å². The molecule has 0 aromatic heterocycles. The number of nitrogens with one attached hydrogen (secondary N) is 1. The number of amides is 2. The highest BCUT2D eigenvalue weighted by molar-refractivity contribution is 7.92. The summed E-state index contributed by atoms with van der Waals surface area (Å²) in [5.41, 5.74) is 2.84. The van der Waals surface area contributed by atoms with Crippen LogP contribution >= 0.6 is 0 Å². The quantitative estimate of drug-likeness (QED) is 0.174. The van der Waals surface area contributed by atoms with E-state index in [1.54, 1.807) is 30.3 Å². The summed E-state index contributed by atoms with van der Waals surface area (Å²) in [7, 11) is -1.39. The number of carbonyl (C=O) groups is 2. The average molecular weight is 658 g/mol. The van der Waals surface area contributed by atoms with Gasteiger partial charge in [0.05, 0.1) is 24.8 Å². The minimum atomic E-state index is -4.30. The van der Waals surface area contributed by atoms with Gasteiger partial charge in [0.1, 0.15) is 24.1 Å². The fourth-order valence-corrected chi connectivity index (χ4v) is 6.55. The average Bonchev–Trinajstić information content (AvgIpc) is 3.09. The molecule has 248 valence electrons. The lowest BCUT2D eigenvalue weighted by Gasteiger charge is -2.34. The van der Waals surface area contributed by atoms with Crippen LogP contribution in [0, 0.1) is 6.92 Å². The van der Waals surface area contributed by atoms with Crippen LogP contribution < -0.4 is 19.1 Å². The van der Waals surface area contributed by atoms with E-state index in [0.717, 1.165) is 21.0 Å². The molecule has 4 rings (SSSR count). The van der Waals surface area contributed by atoms with Crippen molar-refractivity contribution >= 4 is 27.5 Å². The Morgan fingerprint density at radius 3 is 2.06 bits per heavy atom. The minimum absolute atomic E-state index is 0.00175. The van der Waals surface area contributed by atoms with Crippen molar-refractivity contribution in [3.63, 3.8) is 0 Å². The SMILES string of the molecule is CC[C@H](C)NC(=O)[C@H](Cc1ccccc1)N(Cc1ccc(C)cc1)C(=O)CN(c1cc(OC)ccc1OC)S(=O)(=O)c1ccccc1. The van der Waals surface area contributed by atoms with E-state index in [1.165, 1.54) is 37.3 Å². The van der Waals surface area contributed by atoms with E-state index in [2.05, 4.69) is 5.32 Å². The zero-order chi connectivity index (χ0) is 34.0. The van der Waals surface area contributed by atoms with Gasteiger partial charge < -0.3 is 19.7 Å². The number of methoxy groups -OCH3 is 2. The largest absolute Gasteiger partial charge is 0.497 e. The summed E-state index contributed by atoms with van der Waals surface area (Å²) >= 11 is 0. The predicted molar refractivity (Wildman–Crippen MR) is 184 cm³/mol. The first-order valence-corrected chi connectivity index (χ1v) is 17.0. The van der Waals surface area contributed by atoms with Gasteiger partial charge in [0.25, 0.3) is 10.0 Å². The molecule has 0 saturated heterocycles. The highest BCUT2D eigenvalue weighted by Gasteiger charge is 2.36. The summed E-state index contributed by atoms with van der Waals surface area (Å²) in [6.07, 6.45) is 0.934. The van der Waals surface area contributed by atoms with Crippen LogP contribution in [-0.2, 0) is 32.6 Å². The Bertz CT molecular complexity index is 1730. The van der Waals surface area contributed by atoms with Gasteiger partial charge in [-0.3, -0.25) is 13.9 Å². The fourth-order valence-electron chi connectivity index (χ4n) is 5.11. The number of sulfonamides is 1. The Balaban J connectivity index is 1.86. The number of hydrogen-bond acceptors (Lipinski definition) is 6. The van der Waals surface area contributed by atoms with Crippen LogP contribution in [-0.4, -0.2) is 58.0 Å². The van der Waals surface area contributed by atoms with Crippen LogP contribution in [0.15, 0.2) is 108 Å². The van der Waals surface area contributed by atoms with E-state index in [9.17, 15) is 18.0 Å². The maximum atomic E-state index is 14.7. The normalized spacial score (nSPS) is 12.4. The van der Waals surface area contributed by atoms with Gasteiger partial charge in [-0.05, 0) is 55.7 Å². The molecule has 0 aliphatic heterocycles. The van der Waals surface area contributed by atoms with Crippen LogP contribution in [0.3, 0.4) is 0 Å². The molecule has 0 radical (unpaired) electrons. The molecule has 10 heteroatoms. The maximum absolute atomic E-state index is 14.7. The van der Waals surface area contributed by atoms with E-state index in [4.69, 9.17) is 9.47 Å². The van der Waals surface area contributed by atoms with Crippen molar-refractivity contribution in [1.82, 2.24) is 10.2 Å². The fraction of sp³-hybridized carbons (Fsp3) is 0.297. The van der Waals surface area contributed by atoms with Crippen molar-refractivity contribution in [2.24, 2.45) is 0 Å². The Kier molecular flexibility index (Phi) is 12.0. The molecule has 47 heavy (non-hydrogen) atoms. The van der Waals surface area contributed by atoms with Gasteiger partial charge in [-0.1, -0.05) is 85.3 Å². The molecule has 0 bridgehead atoms. The van der Waals surface area contributed by atoms with Gasteiger partial charge in [0.2, 0.25) is 11.8 Å². The van der Waals surface area contributed by atoms with Gasteiger partial charge in [-0.25, -0.2) is 8.42 Å². The molecule has 4 aromatic rings. The summed E-state index contributed by atoms with van der Waals surface area (Å²) < 4.78 is 40.7. The number of nitrogens with zero attached hydrogens (tertiary/aromatic N) is 2. The Hall–Kier alpha value is -4.83. The monoisotopic (exact) mass is 657 g/mol. The molecule has 0 saturated carbocycles. The van der Waals surface area contributed by atoms with E-state index >= 15 is 0 Å². The van der Waals surface area contributed by atoms with Gasteiger partial charge in [-0.15, -0.1) is 0 Å². The van der Waals surface area contributed by atoms with Crippen LogP contribution in [0.25, 0.3) is 0 Å². The summed E-state index contributed by atoms with van der Waals surface area (Å²) in [6, 6.07) is 28.8. The maximum Gasteiger partial charge on any atom is 0.264 e. The summed E-state index contributed by atoms with van der Waals surface area (Å²) in [5, 5.41) is 3.05. The van der Waals surface area contributed by atoms with Crippen LogP contribution in [0.4, 0.5) is 5.69 Å². The van der Waals surface area contributed by atoms with E-state index < -0.39 is 28.5 Å². The number of aryl methyl sites for hydroxylation is 1. The third-order valence-corrected chi connectivity index (χ3v) is 9.78. The van der Waals surface area contributed by atoms with E-state index in [-0.39, 0.29) is 41.2 Å². The molecular weight excluding hydrogens is 614 g/mol. The predicted octanol–water partition coefficient (Wildman–Crippen LogP) is 5.76. The summed E-state index contributed by atoms with van der Waals surface area (Å²) in [4.78, 5) is 30.2. The number of hydrogen-bond donors (Lipinski definition) is 1. The minimum Gasteiger partial charge on any atom is -0.497 e. The van der Waals surface area contributed by atoms with Gasteiger partial charge >= 0.3 is 0 Å². The van der Waals surface area contributed by atoms with Gasteiger partial charge in [0, 0.05) is 25.1 Å². The number of carbonyl (C=O) groups excluding carboxylic acids is 2.